The summed E-state index contributed by atoms with van der Waals surface area (Å²) < 4.78 is 10.9. The third kappa shape index (κ3) is 6.06. The Labute approximate surface area is 201 Å². The van der Waals surface area contributed by atoms with Crippen molar-refractivity contribution in [3.05, 3.63) is 71.9 Å². The Kier molecular flexibility index (Phi) is 8.36. The summed E-state index contributed by atoms with van der Waals surface area (Å²) >= 11 is 0. The van der Waals surface area contributed by atoms with E-state index in [-0.39, 0.29) is 25.2 Å². The second kappa shape index (κ2) is 11.8. The number of hydrogen-bond acceptors (Lipinski definition) is 5. The molecule has 1 aliphatic heterocycles. The fraction of sp³-hybridized carbons (Fsp3) is 0.429. The number of pyridine rings is 1. The molecule has 2 aromatic carbocycles. The van der Waals surface area contributed by atoms with Crippen LogP contribution in [0.2, 0.25) is 0 Å². The lowest BCUT2D eigenvalue weighted by atomic mass is 9.80. The summed E-state index contributed by atoms with van der Waals surface area (Å²) in [5, 5.41) is 10.8. The zero-order valence-corrected chi connectivity index (χ0v) is 19.9. The number of rotatable bonds is 9. The summed E-state index contributed by atoms with van der Waals surface area (Å²) in [6.07, 6.45) is 6.36. The summed E-state index contributed by atoms with van der Waals surface area (Å²) in [6.45, 7) is 1.78. The first kappa shape index (κ1) is 24.0. The van der Waals surface area contributed by atoms with E-state index >= 15 is 0 Å². The van der Waals surface area contributed by atoms with Gasteiger partial charge in [0.15, 0.2) is 0 Å². The van der Waals surface area contributed by atoms with Crippen LogP contribution in [0.1, 0.15) is 36.8 Å². The number of ether oxygens (including phenoxy) is 2. The predicted molar refractivity (Wildman–Crippen MR) is 133 cm³/mol. The molecule has 34 heavy (non-hydrogen) atoms. The van der Waals surface area contributed by atoms with Gasteiger partial charge in [-0.3, -0.25) is 4.98 Å². The van der Waals surface area contributed by atoms with Gasteiger partial charge in [0.1, 0.15) is 12.4 Å². The van der Waals surface area contributed by atoms with Crippen molar-refractivity contribution >= 4 is 17.0 Å². The maximum Gasteiger partial charge on any atom is 0.410 e. The van der Waals surface area contributed by atoms with Crippen LogP contribution in [-0.4, -0.2) is 47.9 Å². The standard InChI is InChI=1S/C28H34N2O4/c1-33-25-10-11-27-26(18-25)23(12-15-29-27)9-5-8-22-13-16-30(19-24(22)14-17-31)28(32)34-20-21-6-3-2-4-7-21/h2-4,6-7,10-12,15,18,22,24,31H,5,8-9,13-14,16-17,19-20H2,1H3/t22-,24+/m1/s1. The molecule has 1 aromatic heterocycles. The number of methoxy groups -OCH3 is 1. The molecule has 2 atom stereocenters. The number of likely N-dealkylation sites (tertiary alicyclic amines) is 1. The van der Waals surface area contributed by atoms with Gasteiger partial charge in [-0.2, -0.15) is 0 Å². The largest absolute Gasteiger partial charge is 0.497 e. The Balaban J connectivity index is 1.31. The molecule has 0 aliphatic carbocycles. The lowest BCUT2D eigenvalue weighted by molar-refractivity contribution is 0.0552. The highest BCUT2D eigenvalue weighted by molar-refractivity contribution is 5.83. The van der Waals surface area contributed by atoms with Gasteiger partial charge in [-0.25, -0.2) is 4.79 Å². The van der Waals surface area contributed by atoms with E-state index < -0.39 is 0 Å². The minimum Gasteiger partial charge on any atom is -0.497 e. The summed E-state index contributed by atoms with van der Waals surface area (Å²) in [4.78, 5) is 18.9. The SMILES string of the molecule is COc1ccc2nccc(CCC[C@@H]3CCN(C(=O)OCc4ccccc4)C[C@@H]3CCO)c2c1. The van der Waals surface area contributed by atoms with Crippen LogP contribution in [0.4, 0.5) is 4.79 Å². The number of aryl methyl sites for hydroxylation is 1. The molecule has 1 N–H and O–H groups in total. The van der Waals surface area contributed by atoms with E-state index in [4.69, 9.17) is 9.47 Å². The highest BCUT2D eigenvalue weighted by Gasteiger charge is 2.31. The number of nitrogens with zero attached hydrogens (tertiary/aromatic N) is 2. The molecule has 0 spiro atoms. The molecule has 3 aromatic rings. The Bertz CT molecular complexity index is 1070. The van der Waals surface area contributed by atoms with E-state index in [1.54, 1.807) is 7.11 Å². The van der Waals surface area contributed by atoms with Crippen LogP contribution >= 0.6 is 0 Å². The van der Waals surface area contributed by atoms with Crippen molar-refractivity contribution in [3.8, 4) is 5.75 Å². The van der Waals surface area contributed by atoms with Crippen molar-refractivity contribution in [2.24, 2.45) is 11.8 Å². The number of fused-ring (bicyclic) bond motifs is 1. The molecule has 0 saturated carbocycles. The van der Waals surface area contributed by atoms with Gasteiger partial charge in [-0.05, 0) is 79.3 Å². The van der Waals surface area contributed by atoms with Gasteiger partial charge < -0.3 is 19.5 Å². The van der Waals surface area contributed by atoms with E-state index in [1.165, 1.54) is 5.56 Å². The Morgan fingerprint density at radius 3 is 2.76 bits per heavy atom. The van der Waals surface area contributed by atoms with E-state index in [0.717, 1.165) is 47.9 Å². The van der Waals surface area contributed by atoms with Crippen molar-refractivity contribution in [1.29, 1.82) is 0 Å². The first-order chi connectivity index (χ1) is 16.7. The second-order valence-electron chi connectivity index (χ2n) is 9.05. The Morgan fingerprint density at radius 1 is 1.12 bits per heavy atom. The zero-order chi connectivity index (χ0) is 23.8. The molecule has 0 radical (unpaired) electrons. The molecule has 1 amide bonds. The average molecular weight is 463 g/mol. The van der Waals surface area contributed by atoms with Gasteiger partial charge in [0.05, 0.1) is 12.6 Å². The van der Waals surface area contributed by atoms with E-state index in [0.29, 0.717) is 25.4 Å². The minimum atomic E-state index is -0.262. The highest BCUT2D eigenvalue weighted by Crippen LogP contribution is 2.32. The smallest absolute Gasteiger partial charge is 0.410 e. The van der Waals surface area contributed by atoms with Crippen molar-refractivity contribution in [2.75, 3.05) is 26.8 Å². The molecule has 1 fully saturated rings. The molecular formula is C28H34N2O4. The number of benzene rings is 2. The van der Waals surface area contributed by atoms with Crippen molar-refractivity contribution in [3.63, 3.8) is 0 Å². The third-order valence-electron chi connectivity index (χ3n) is 6.91. The fourth-order valence-corrected chi connectivity index (χ4v) is 5.01. The minimum absolute atomic E-state index is 0.142. The van der Waals surface area contributed by atoms with Crippen LogP contribution in [-0.2, 0) is 17.8 Å². The molecular weight excluding hydrogens is 428 g/mol. The van der Waals surface area contributed by atoms with Gasteiger partial charge in [-0.15, -0.1) is 0 Å². The van der Waals surface area contributed by atoms with Crippen LogP contribution in [0.15, 0.2) is 60.8 Å². The molecule has 1 aliphatic rings. The molecule has 6 heteroatoms. The number of aliphatic hydroxyl groups is 1. The topological polar surface area (TPSA) is 71.9 Å². The number of amides is 1. The second-order valence-corrected chi connectivity index (χ2v) is 9.05. The summed E-state index contributed by atoms with van der Waals surface area (Å²) in [6, 6.07) is 17.8. The van der Waals surface area contributed by atoms with Crippen molar-refractivity contribution in [1.82, 2.24) is 9.88 Å². The fourth-order valence-electron chi connectivity index (χ4n) is 5.01. The maximum absolute atomic E-state index is 12.6. The predicted octanol–water partition coefficient (Wildman–Crippen LogP) is 5.22. The molecule has 0 bridgehead atoms. The number of aromatic nitrogens is 1. The van der Waals surface area contributed by atoms with Crippen LogP contribution in [0.5, 0.6) is 5.75 Å². The number of carbonyl (C=O) groups is 1. The third-order valence-corrected chi connectivity index (χ3v) is 6.91. The van der Waals surface area contributed by atoms with Gasteiger partial charge in [-0.1, -0.05) is 30.3 Å². The molecule has 180 valence electrons. The van der Waals surface area contributed by atoms with E-state index in [2.05, 4.69) is 17.1 Å². The number of aliphatic hydroxyl groups excluding tert-OH is 1. The Morgan fingerprint density at radius 2 is 1.97 bits per heavy atom. The quantitative estimate of drug-likeness (QED) is 0.472. The number of piperidine rings is 1. The van der Waals surface area contributed by atoms with E-state index in [1.807, 2.05) is 53.6 Å². The van der Waals surface area contributed by atoms with Gasteiger partial charge in [0.2, 0.25) is 0 Å². The molecule has 4 rings (SSSR count). The van der Waals surface area contributed by atoms with Crippen LogP contribution in [0, 0.1) is 11.8 Å². The number of hydrogen-bond donors (Lipinski definition) is 1. The summed E-state index contributed by atoms with van der Waals surface area (Å²) in [5.74, 6) is 1.63. The van der Waals surface area contributed by atoms with Gasteiger partial charge in [0, 0.05) is 31.3 Å². The lowest BCUT2D eigenvalue weighted by Crippen LogP contribution is -2.44. The summed E-state index contributed by atoms with van der Waals surface area (Å²) in [5.41, 5.74) is 3.25. The normalized spacial score (nSPS) is 18.1. The first-order valence-corrected chi connectivity index (χ1v) is 12.2. The van der Waals surface area contributed by atoms with Crippen LogP contribution < -0.4 is 4.74 Å². The van der Waals surface area contributed by atoms with Gasteiger partial charge in [0.25, 0.3) is 0 Å². The molecule has 2 heterocycles. The highest BCUT2D eigenvalue weighted by atomic mass is 16.6. The van der Waals surface area contributed by atoms with Crippen LogP contribution in [0.3, 0.4) is 0 Å². The zero-order valence-electron chi connectivity index (χ0n) is 19.9. The van der Waals surface area contributed by atoms with Crippen molar-refractivity contribution < 1.29 is 19.4 Å². The van der Waals surface area contributed by atoms with E-state index in [9.17, 15) is 9.90 Å². The summed E-state index contributed by atoms with van der Waals surface area (Å²) in [7, 11) is 1.68. The Hall–Kier alpha value is -3.12. The molecule has 6 nitrogen and oxygen atoms in total. The monoisotopic (exact) mass is 462 g/mol. The first-order valence-electron chi connectivity index (χ1n) is 12.2. The molecule has 0 unspecified atom stereocenters. The van der Waals surface area contributed by atoms with Crippen LogP contribution in [0.25, 0.3) is 10.9 Å². The van der Waals surface area contributed by atoms with Crippen molar-refractivity contribution in [2.45, 2.75) is 38.7 Å². The average Bonchev–Trinajstić information content (AvgIpc) is 2.88. The lowest BCUT2D eigenvalue weighted by Gasteiger charge is -2.38. The number of carbonyl (C=O) groups excluding carboxylic acids is 1. The molecule has 1 saturated heterocycles. The van der Waals surface area contributed by atoms with Gasteiger partial charge >= 0.3 is 6.09 Å². The maximum atomic E-state index is 12.6.